The van der Waals surface area contributed by atoms with E-state index < -0.39 is 24.0 Å². The second-order valence-corrected chi connectivity index (χ2v) is 8.02. The molecular weight excluding hydrogens is 450 g/mol. The van der Waals surface area contributed by atoms with Crippen LogP contribution in [0.2, 0.25) is 5.02 Å². The van der Waals surface area contributed by atoms with E-state index in [1.807, 2.05) is 18.2 Å². The Morgan fingerprint density at radius 1 is 1.06 bits per heavy atom. The quantitative estimate of drug-likeness (QED) is 0.243. The number of aliphatic hydroxyl groups excluding tert-OH is 1. The van der Waals surface area contributed by atoms with E-state index in [4.69, 9.17) is 36.5 Å². The van der Waals surface area contributed by atoms with E-state index in [1.165, 1.54) is 11.1 Å². The number of hydrogen-bond acceptors (Lipinski definition) is 5. The minimum Gasteiger partial charge on any atom is -0.478 e. The van der Waals surface area contributed by atoms with Crippen molar-refractivity contribution < 1.29 is 34.8 Å². The predicted molar refractivity (Wildman–Crippen MR) is 123 cm³/mol. The molecule has 1 aliphatic carbocycles. The van der Waals surface area contributed by atoms with Crippen molar-refractivity contribution in [2.24, 2.45) is 0 Å². The zero-order valence-electron chi connectivity index (χ0n) is 17.8. The standard InChI is InChI=1S/C22H24ClNO3.C2H2O4/c23-19-5-1-4-17(12-19)21(25)14-24-20-6-2-3-16-9-7-15(8-10-22(26)27)11-18(16)13-20;3-1(4)2(5)6/h1,4-5,7-12,20-21,24-25H,2-3,6,13-14H2,(H,26,27);(H,3,4)(H,5,6)/b10-8+;/t20?,21-;/m0./s1. The molecule has 8 nitrogen and oxygen atoms in total. The molecule has 2 aromatic carbocycles. The monoisotopic (exact) mass is 475 g/mol. The zero-order chi connectivity index (χ0) is 24.4. The average Bonchev–Trinajstić information content (AvgIpc) is 2.97. The van der Waals surface area contributed by atoms with Gasteiger partial charge in [-0.25, -0.2) is 14.4 Å². The minimum atomic E-state index is -1.82. The lowest BCUT2D eigenvalue weighted by molar-refractivity contribution is -0.159. The van der Waals surface area contributed by atoms with Gasteiger partial charge in [0.1, 0.15) is 0 Å². The Morgan fingerprint density at radius 2 is 1.79 bits per heavy atom. The molecule has 1 aliphatic rings. The van der Waals surface area contributed by atoms with Crippen molar-refractivity contribution in [3.8, 4) is 0 Å². The van der Waals surface area contributed by atoms with Crippen LogP contribution in [-0.2, 0) is 27.2 Å². The van der Waals surface area contributed by atoms with Gasteiger partial charge in [-0.05, 0) is 66.1 Å². The molecule has 0 fully saturated rings. The van der Waals surface area contributed by atoms with Crippen molar-refractivity contribution in [2.75, 3.05) is 6.54 Å². The molecule has 0 amide bonds. The lowest BCUT2D eigenvalue weighted by Gasteiger charge is -2.20. The lowest BCUT2D eigenvalue weighted by atomic mass is 9.98. The van der Waals surface area contributed by atoms with Crippen molar-refractivity contribution in [2.45, 2.75) is 37.8 Å². The number of rotatable bonds is 6. The lowest BCUT2D eigenvalue weighted by Crippen LogP contribution is -2.34. The van der Waals surface area contributed by atoms with Crippen molar-refractivity contribution in [1.29, 1.82) is 0 Å². The van der Waals surface area contributed by atoms with Crippen LogP contribution in [0.1, 0.15) is 41.2 Å². The van der Waals surface area contributed by atoms with E-state index in [0.29, 0.717) is 11.6 Å². The number of benzene rings is 2. The van der Waals surface area contributed by atoms with E-state index >= 15 is 0 Å². The van der Waals surface area contributed by atoms with Gasteiger partial charge in [-0.3, -0.25) is 0 Å². The first-order valence-electron chi connectivity index (χ1n) is 10.3. The largest absolute Gasteiger partial charge is 0.478 e. The summed E-state index contributed by atoms with van der Waals surface area (Å²) in [6.45, 7) is 0.471. The second kappa shape index (κ2) is 12.7. The fraction of sp³-hybridized carbons (Fsp3) is 0.292. The molecule has 33 heavy (non-hydrogen) atoms. The Bertz CT molecular complexity index is 1010. The first kappa shape index (κ1) is 26.1. The molecule has 0 spiro atoms. The molecule has 0 radical (unpaired) electrons. The van der Waals surface area contributed by atoms with Crippen LogP contribution in [-0.4, -0.2) is 50.9 Å². The van der Waals surface area contributed by atoms with Crippen LogP contribution in [0.25, 0.3) is 6.08 Å². The summed E-state index contributed by atoms with van der Waals surface area (Å²) in [6, 6.07) is 13.7. The highest BCUT2D eigenvalue weighted by atomic mass is 35.5. The molecule has 2 aromatic rings. The van der Waals surface area contributed by atoms with Gasteiger partial charge in [-0.1, -0.05) is 41.9 Å². The summed E-state index contributed by atoms with van der Waals surface area (Å²) in [5, 5.41) is 38.1. The molecule has 5 N–H and O–H groups in total. The number of nitrogens with one attached hydrogen (secondary N) is 1. The molecule has 3 rings (SSSR count). The van der Waals surface area contributed by atoms with E-state index in [2.05, 4.69) is 17.4 Å². The van der Waals surface area contributed by atoms with Gasteiger partial charge >= 0.3 is 17.9 Å². The number of halogens is 1. The summed E-state index contributed by atoms with van der Waals surface area (Å²) in [7, 11) is 0. The van der Waals surface area contributed by atoms with Gasteiger partial charge in [0, 0.05) is 23.7 Å². The van der Waals surface area contributed by atoms with Crippen LogP contribution in [0.3, 0.4) is 0 Å². The topological polar surface area (TPSA) is 144 Å². The summed E-state index contributed by atoms with van der Waals surface area (Å²) in [5.41, 5.74) is 4.28. The molecule has 0 bridgehead atoms. The summed E-state index contributed by atoms with van der Waals surface area (Å²) in [5.74, 6) is -4.59. The highest BCUT2D eigenvalue weighted by Gasteiger charge is 2.18. The van der Waals surface area contributed by atoms with Gasteiger partial charge in [-0.15, -0.1) is 0 Å². The molecular formula is C24H26ClNO7. The Balaban J connectivity index is 0.000000569. The van der Waals surface area contributed by atoms with E-state index in [0.717, 1.165) is 42.9 Å². The average molecular weight is 476 g/mol. The van der Waals surface area contributed by atoms with Crippen LogP contribution >= 0.6 is 11.6 Å². The van der Waals surface area contributed by atoms with Gasteiger partial charge in [0.15, 0.2) is 0 Å². The third-order valence-corrected chi connectivity index (χ3v) is 5.37. The molecule has 1 unspecified atom stereocenters. The molecule has 0 aromatic heterocycles. The first-order valence-corrected chi connectivity index (χ1v) is 10.7. The van der Waals surface area contributed by atoms with Crippen LogP contribution in [0.15, 0.2) is 48.5 Å². The molecule has 0 saturated carbocycles. The third kappa shape index (κ3) is 9.05. The van der Waals surface area contributed by atoms with Gasteiger partial charge in [0.25, 0.3) is 0 Å². The zero-order valence-corrected chi connectivity index (χ0v) is 18.5. The number of carbonyl (C=O) groups is 3. The minimum absolute atomic E-state index is 0.277. The Labute approximate surface area is 196 Å². The maximum Gasteiger partial charge on any atom is 0.414 e. The molecule has 176 valence electrons. The summed E-state index contributed by atoms with van der Waals surface area (Å²) in [6.07, 6.45) is 6.20. The first-order chi connectivity index (χ1) is 15.7. The van der Waals surface area contributed by atoms with E-state index in [9.17, 15) is 9.90 Å². The number of aliphatic hydroxyl groups is 1. The Hall–Kier alpha value is -3.20. The molecule has 0 aliphatic heterocycles. The summed E-state index contributed by atoms with van der Waals surface area (Å²) in [4.78, 5) is 28.9. The molecule has 2 atom stereocenters. The van der Waals surface area contributed by atoms with Gasteiger partial charge in [0.05, 0.1) is 6.10 Å². The maximum absolute atomic E-state index is 10.7. The summed E-state index contributed by atoms with van der Waals surface area (Å²) < 4.78 is 0. The number of fused-ring (bicyclic) bond motifs is 1. The van der Waals surface area contributed by atoms with E-state index in [-0.39, 0.29) is 6.04 Å². The fourth-order valence-electron chi connectivity index (χ4n) is 3.54. The normalized spacial score (nSPS) is 16.1. The summed E-state index contributed by atoms with van der Waals surface area (Å²) >= 11 is 6.00. The number of carboxylic acids is 3. The van der Waals surface area contributed by atoms with Crippen LogP contribution in [0.4, 0.5) is 0 Å². The Kier molecular flexibility index (Phi) is 10.1. The third-order valence-electron chi connectivity index (χ3n) is 5.13. The number of aliphatic carboxylic acids is 3. The van der Waals surface area contributed by atoms with Crippen molar-refractivity contribution in [1.82, 2.24) is 5.32 Å². The predicted octanol–water partition coefficient (Wildman–Crippen LogP) is 3.16. The van der Waals surface area contributed by atoms with Crippen molar-refractivity contribution in [3.63, 3.8) is 0 Å². The smallest absolute Gasteiger partial charge is 0.414 e. The van der Waals surface area contributed by atoms with Crippen LogP contribution in [0.5, 0.6) is 0 Å². The Morgan fingerprint density at radius 3 is 2.42 bits per heavy atom. The molecule has 0 saturated heterocycles. The number of aryl methyl sites for hydroxylation is 1. The van der Waals surface area contributed by atoms with Crippen LogP contribution in [0, 0.1) is 0 Å². The molecule has 0 heterocycles. The van der Waals surface area contributed by atoms with Crippen molar-refractivity contribution in [3.05, 3.63) is 75.8 Å². The number of hydrogen-bond donors (Lipinski definition) is 5. The molecule has 9 heteroatoms. The van der Waals surface area contributed by atoms with Gasteiger partial charge in [-0.2, -0.15) is 0 Å². The second-order valence-electron chi connectivity index (χ2n) is 7.58. The highest BCUT2D eigenvalue weighted by Crippen LogP contribution is 2.24. The highest BCUT2D eigenvalue weighted by molar-refractivity contribution is 6.30. The SMILES string of the molecule is O=C(O)/C=C/c1ccc2c(c1)CC(NC[C@H](O)c1cccc(Cl)c1)CCC2.O=C(O)C(=O)O. The van der Waals surface area contributed by atoms with Gasteiger partial charge < -0.3 is 25.7 Å². The van der Waals surface area contributed by atoms with Gasteiger partial charge in [0.2, 0.25) is 0 Å². The fourth-order valence-corrected chi connectivity index (χ4v) is 3.74. The van der Waals surface area contributed by atoms with E-state index in [1.54, 1.807) is 18.2 Å². The van der Waals surface area contributed by atoms with Crippen LogP contribution < -0.4 is 5.32 Å². The van der Waals surface area contributed by atoms with Crippen molar-refractivity contribution >= 4 is 35.6 Å². The number of carboxylic acid groups (broad SMARTS) is 3. The maximum atomic E-state index is 10.7.